The van der Waals surface area contributed by atoms with Gasteiger partial charge in [0.05, 0.1) is 6.61 Å². The maximum Gasteiger partial charge on any atom is 0.129 e. The Balaban J connectivity index is 2.78. The highest BCUT2D eigenvalue weighted by Gasteiger charge is 2.17. The molecule has 17 heavy (non-hydrogen) atoms. The fourth-order valence-corrected chi connectivity index (χ4v) is 2.05. The van der Waals surface area contributed by atoms with Crippen molar-refractivity contribution in [1.29, 1.82) is 0 Å². The Hall–Kier alpha value is -0.450. The Labute approximate surface area is 110 Å². The molecule has 0 amide bonds. The molecule has 0 heterocycles. The van der Waals surface area contributed by atoms with E-state index in [4.69, 9.17) is 0 Å². The molecule has 1 rings (SSSR count). The zero-order valence-corrected chi connectivity index (χ0v) is 12.0. The van der Waals surface area contributed by atoms with Gasteiger partial charge < -0.3 is 10.4 Å². The predicted octanol–water partition coefficient (Wildman–Crippen LogP) is 3.26. The van der Waals surface area contributed by atoms with Gasteiger partial charge in [-0.2, -0.15) is 0 Å². The van der Waals surface area contributed by atoms with Gasteiger partial charge in [-0.1, -0.05) is 35.8 Å². The number of halogens is 2. The van der Waals surface area contributed by atoms with Crippen molar-refractivity contribution in [3.63, 3.8) is 0 Å². The van der Waals surface area contributed by atoms with Gasteiger partial charge in [0.25, 0.3) is 0 Å². The van der Waals surface area contributed by atoms with Crippen LogP contribution in [0.3, 0.4) is 0 Å². The average Bonchev–Trinajstić information content (AvgIpc) is 2.24. The van der Waals surface area contributed by atoms with Crippen molar-refractivity contribution in [2.45, 2.75) is 32.9 Å². The molecule has 0 fully saturated rings. The van der Waals surface area contributed by atoms with Crippen LogP contribution < -0.4 is 5.32 Å². The molecular weight excluding hydrogens is 285 g/mol. The van der Waals surface area contributed by atoms with Crippen molar-refractivity contribution in [3.8, 4) is 0 Å². The summed E-state index contributed by atoms with van der Waals surface area (Å²) in [6.07, 6.45) is 0. The van der Waals surface area contributed by atoms with Crippen LogP contribution in [0.1, 0.15) is 32.4 Å². The zero-order chi connectivity index (χ0) is 13.0. The van der Waals surface area contributed by atoms with Gasteiger partial charge in [-0.3, -0.25) is 0 Å². The van der Waals surface area contributed by atoms with Crippen LogP contribution in [0.15, 0.2) is 22.7 Å². The average molecular weight is 304 g/mol. The second-order valence-electron chi connectivity index (χ2n) is 4.59. The van der Waals surface area contributed by atoms with Gasteiger partial charge >= 0.3 is 0 Å². The largest absolute Gasteiger partial charge is 0.395 e. The van der Waals surface area contributed by atoms with Gasteiger partial charge in [0.2, 0.25) is 0 Å². The lowest BCUT2D eigenvalue weighted by molar-refractivity contribution is 0.200. The number of hydrogen-bond acceptors (Lipinski definition) is 2. The number of aliphatic hydroxyl groups is 1. The molecule has 0 aliphatic carbocycles. The smallest absolute Gasteiger partial charge is 0.129 e. The Morgan fingerprint density at radius 3 is 2.47 bits per heavy atom. The summed E-state index contributed by atoms with van der Waals surface area (Å²) >= 11 is 3.23. The van der Waals surface area contributed by atoms with Crippen LogP contribution in [-0.2, 0) is 0 Å². The number of nitrogens with one attached hydrogen (secondary N) is 1. The maximum absolute atomic E-state index is 13.7. The van der Waals surface area contributed by atoms with Crippen molar-refractivity contribution >= 4 is 15.9 Å². The zero-order valence-electron chi connectivity index (χ0n) is 10.4. The lowest BCUT2D eigenvalue weighted by Crippen LogP contribution is -2.38. The molecule has 0 radical (unpaired) electrons. The van der Waals surface area contributed by atoms with Crippen LogP contribution in [0.2, 0.25) is 0 Å². The molecule has 0 spiro atoms. The Morgan fingerprint density at radius 2 is 2.00 bits per heavy atom. The first kappa shape index (κ1) is 14.6. The Morgan fingerprint density at radius 1 is 1.35 bits per heavy atom. The SMILES string of the molecule is CC(NC(CO)C(C)C)c1ccc(Br)cc1F. The number of hydrogen-bond donors (Lipinski definition) is 2. The first-order valence-corrected chi connectivity index (χ1v) is 6.56. The van der Waals surface area contributed by atoms with Crippen molar-refractivity contribution in [3.05, 3.63) is 34.1 Å². The molecule has 2 N–H and O–H groups in total. The van der Waals surface area contributed by atoms with Crippen LogP contribution in [0.25, 0.3) is 0 Å². The van der Waals surface area contributed by atoms with Crippen LogP contribution in [-0.4, -0.2) is 17.8 Å². The molecule has 0 bridgehead atoms. The summed E-state index contributed by atoms with van der Waals surface area (Å²) < 4.78 is 14.5. The lowest BCUT2D eigenvalue weighted by Gasteiger charge is -2.25. The van der Waals surface area contributed by atoms with E-state index < -0.39 is 0 Å². The molecular formula is C13H19BrFNO. The van der Waals surface area contributed by atoms with Crippen LogP contribution in [0, 0.1) is 11.7 Å². The fourth-order valence-electron chi connectivity index (χ4n) is 1.72. The minimum atomic E-state index is -0.236. The van der Waals surface area contributed by atoms with E-state index in [1.54, 1.807) is 6.07 Å². The monoisotopic (exact) mass is 303 g/mol. The molecule has 0 aliphatic rings. The van der Waals surface area contributed by atoms with Crippen molar-refractivity contribution in [2.24, 2.45) is 5.92 Å². The highest BCUT2D eigenvalue weighted by molar-refractivity contribution is 9.10. The van der Waals surface area contributed by atoms with E-state index in [2.05, 4.69) is 21.2 Å². The molecule has 1 aromatic carbocycles. The molecule has 0 saturated carbocycles. The summed E-state index contributed by atoms with van der Waals surface area (Å²) in [5, 5.41) is 12.5. The second-order valence-corrected chi connectivity index (χ2v) is 5.50. The van der Waals surface area contributed by atoms with E-state index in [0.29, 0.717) is 11.5 Å². The highest BCUT2D eigenvalue weighted by Crippen LogP contribution is 2.21. The van der Waals surface area contributed by atoms with Crippen LogP contribution >= 0.6 is 15.9 Å². The van der Waals surface area contributed by atoms with Gasteiger partial charge in [-0.25, -0.2) is 4.39 Å². The number of benzene rings is 1. The molecule has 0 aliphatic heterocycles. The van der Waals surface area contributed by atoms with Crippen LogP contribution in [0.5, 0.6) is 0 Å². The van der Waals surface area contributed by atoms with E-state index in [0.717, 1.165) is 4.47 Å². The highest BCUT2D eigenvalue weighted by atomic mass is 79.9. The normalized spacial score (nSPS) is 15.0. The van der Waals surface area contributed by atoms with Gasteiger partial charge in [0.15, 0.2) is 0 Å². The summed E-state index contributed by atoms with van der Waals surface area (Å²) in [7, 11) is 0. The standard InChI is InChI=1S/C13H19BrFNO/c1-8(2)13(7-17)16-9(3)11-5-4-10(14)6-12(11)15/h4-6,8-9,13,16-17H,7H2,1-3H3. The quantitative estimate of drug-likeness (QED) is 0.875. The van der Waals surface area contributed by atoms with Gasteiger partial charge in [0, 0.05) is 22.1 Å². The summed E-state index contributed by atoms with van der Waals surface area (Å²) in [6, 6.07) is 4.89. The number of aliphatic hydroxyl groups excluding tert-OH is 1. The molecule has 2 unspecified atom stereocenters. The molecule has 1 aromatic rings. The van der Waals surface area contributed by atoms with Gasteiger partial charge in [-0.15, -0.1) is 0 Å². The lowest BCUT2D eigenvalue weighted by atomic mass is 10.0. The third-order valence-corrected chi connectivity index (χ3v) is 3.39. The third-order valence-electron chi connectivity index (χ3n) is 2.89. The topological polar surface area (TPSA) is 32.3 Å². The predicted molar refractivity (Wildman–Crippen MR) is 71.4 cm³/mol. The van der Waals surface area contributed by atoms with E-state index in [1.807, 2.05) is 26.8 Å². The van der Waals surface area contributed by atoms with Crippen molar-refractivity contribution < 1.29 is 9.50 Å². The summed E-state index contributed by atoms with van der Waals surface area (Å²) in [6.45, 7) is 6.01. The molecule has 2 nitrogen and oxygen atoms in total. The maximum atomic E-state index is 13.7. The van der Waals surface area contributed by atoms with E-state index in [1.165, 1.54) is 6.07 Å². The molecule has 0 saturated heterocycles. The number of rotatable bonds is 5. The van der Waals surface area contributed by atoms with E-state index >= 15 is 0 Å². The Kier molecular flexibility index (Phi) is 5.56. The minimum Gasteiger partial charge on any atom is -0.395 e. The van der Waals surface area contributed by atoms with Crippen molar-refractivity contribution in [2.75, 3.05) is 6.61 Å². The third kappa shape index (κ3) is 4.05. The molecule has 0 aromatic heterocycles. The minimum absolute atomic E-state index is 0.0203. The summed E-state index contributed by atoms with van der Waals surface area (Å²) in [5.41, 5.74) is 0.618. The molecule has 2 atom stereocenters. The molecule has 96 valence electrons. The first-order chi connectivity index (χ1) is 7.95. The second kappa shape index (κ2) is 6.47. The Bertz CT molecular complexity index is 370. The van der Waals surface area contributed by atoms with E-state index in [-0.39, 0.29) is 24.5 Å². The van der Waals surface area contributed by atoms with E-state index in [9.17, 15) is 9.50 Å². The fraction of sp³-hybridized carbons (Fsp3) is 0.538. The van der Waals surface area contributed by atoms with Gasteiger partial charge in [-0.05, 0) is 25.0 Å². The van der Waals surface area contributed by atoms with Crippen molar-refractivity contribution in [1.82, 2.24) is 5.32 Å². The van der Waals surface area contributed by atoms with Gasteiger partial charge in [0.1, 0.15) is 5.82 Å². The summed E-state index contributed by atoms with van der Waals surface area (Å²) in [5.74, 6) is 0.0702. The first-order valence-electron chi connectivity index (χ1n) is 5.77. The summed E-state index contributed by atoms with van der Waals surface area (Å²) in [4.78, 5) is 0. The molecule has 4 heteroatoms. The van der Waals surface area contributed by atoms with Crippen LogP contribution in [0.4, 0.5) is 4.39 Å².